The molecule has 0 aliphatic heterocycles. The third-order valence-corrected chi connectivity index (χ3v) is 3.76. The maximum absolute atomic E-state index is 9.29. The fourth-order valence-corrected chi connectivity index (χ4v) is 2.43. The maximum atomic E-state index is 9.29. The molecule has 0 radical (unpaired) electrons. The topological polar surface area (TPSA) is 93.9 Å². The molecule has 1 heterocycles. The summed E-state index contributed by atoms with van der Waals surface area (Å²) in [6.07, 6.45) is 0. The van der Waals surface area contributed by atoms with Crippen molar-refractivity contribution in [2.24, 2.45) is 0 Å². The van der Waals surface area contributed by atoms with Crippen molar-refractivity contribution >= 4 is 17.5 Å². The minimum Gasteiger partial charge on any atom is -0.394 e. The van der Waals surface area contributed by atoms with Gasteiger partial charge in [-0.2, -0.15) is 10.2 Å². The number of para-hydroxylation sites is 1. The smallest absolute Gasteiger partial charge is 0.225 e. The van der Waals surface area contributed by atoms with E-state index in [0.29, 0.717) is 23.0 Å². The van der Waals surface area contributed by atoms with E-state index in [2.05, 4.69) is 26.7 Å². The Kier molecular flexibility index (Phi) is 5.42. The van der Waals surface area contributed by atoms with E-state index < -0.39 is 0 Å². The van der Waals surface area contributed by atoms with E-state index in [1.165, 1.54) is 0 Å². The number of anilines is 3. The van der Waals surface area contributed by atoms with Crippen LogP contribution in [0.25, 0.3) is 11.3 Å². The van der Waals surface area contributed by atoms with Crippen LogP contribution in [0.4, 0.5) is 17.5 Å². The van der Waals surface area contributed by atoms with Gasteiger partial charge in [-0.25, -0.2) is 4.98 Å². The van der Waals surface area contributed by atoms with E-state index >= 15 is 0 Å². The van der Waals surface area contributed by atoms with Crippen molar-refractivity contribution in [3.63, 3.8) is 0 Å². The zero-order valence-corrected chi connectivity index (χ0v) is 14.3. The molecule has 2 aromatic carbocycles. The predicted molar refractivity (Wildman–Crippen MR) is 102 cm³/mol. The molecule has 0 amide bonds. The van der Waals surface area contributed by atoms with Crippen LogP contribution >= 0.6 is 0 Å². The number of nitrogens with one attached hydrogen (secondary N) is 2. The van der Waals surface area contributed by atoms with Crippen LogP contribution in [0.1, 0.15) is 12.5 Å². The minimum absolute atomic E-state index is 0.0288. The second kappa shape index (κ2) is 8.10. The summed E-state index contributed by atoms with van der Waals surface area (Å²) >= 11 is 0. The molecular formula is C20H19N5O. The van der Waals surface area contributed by atoms with Gasteiger partial charge in [-0.3, -0.25) is 0 Å². The van der Waals surface area contributed by atoms with Gasteiger partial charge in [0, 0.05) is 17.7 Å². The van der Waals surface area contributed by atoms with Crippen molar-refractivity contribution in [1.29, 1.82) is 5.26 Å². The Labute approximate surface area is 152 Å². The molecule has 3 N–H and O–H groups in total. The van der Waals surface area contributed by atoms with Gasteiger partial charge in [0.25, 0.3) is 0 Å². The summed E-state index contributed by atoms with van der Waals surface area (Å²) in [5, 5.41) is 24.8. The van der Waals surface area contributed by atoms with Gasteiger partial charge in [0.15, 0.2) is 0 Å². The van der Waals surface area contributed by atoms with Gasteiger partial charge in [-0.05, 0) is 19.1 Å². The first-order valence-electron chi connectivity index (χ1n) is 8.27. The Bertz CT molecular complexity index is 921. The largest absolute Gasteiger partial charge is 0.394 e. The van der Waals surface area contributed by atoms with Crippen LogP contribution in [0.2, 0.25) is 0 Å². The first-order valence-corrected chi connectivity index (χ1v) is 8.27. The maximum Gasteiger partial charge on any atom is 0.225 e. The van der Waals surface area contributed by atoms with Crippen molar-refractivity contribution in [2.45, 2.75) is 13.0 Å². The summed E-state index contributed by atoms with van der Waals surface area (Å²) in [6, 6.07) is 20.8. The van der Waals surface area contributed by atoms with E-state index in [-0.39, 0.29) is 12.6 Å². The Balaban J connectivity index is 2.01. The summed E-state index contributed by atoms with van der Waals surface area (Å²) in [4.78, 5) is 9.00. The molecule has 3 aromatic rings. The van der Waals surface area contributed by atoms with Gasteiger partial charge in [0.05, 0.1) is 23.6 Å². The summed E-state index contributed by atoms with van der Waals surface area (Å²) < 4.78 is 0. The lowest BCUT2D eigenvalue weighted by Crippen LogP contribution is -2.21. The summed E-state index contributed by atoms with van der Waals surface area (Å²) in [7, 11) is 0. The van der Waals surface area contributed by atoms with Crippen molar-refractivity contribution in [1.82, 2.24) is 9.97 Å². The van der Waals surface area contributed by atoms with E-state index in [1.54, 1.807) is 6.07 Å². The average molecular weight is 345 g/mol. The highest BCUT2D eigenvalue weighted by Crippen LogP contribution is 2.25. The summed E-state index contributed by atoms with van der Waals surface area (Å²) in [5.41, 5.74) is 2.90. The fraction of sp³-hybridized carbons (Fsp3) is 0.150. The molecule has 0 fully saturated rings. The zero-order valence-electron chi connectivity index (χ0n) is 14.3. The zero-order chi connectivity index (χ0) is 18.4. The van der Waals surface area contributed by atoms with Gasteiger partial charge in [-0.1, -0.05) is 42.5 Å². The van der Waals surface area contributed by atoms with E-state index in [9.17, 15) is 10.4 Å². The normalized spacial score (nSPS) is 11.4. The molecule has 0 aliphatic carbocycles. The monoisotopic (exact) mass is 345 g/mol. The molecular weight excluding hydrogens is 326 g/mol. The van der Waals surface area contributed by atoms with Gasteiger partial charge in [-0.15, -0.1) is 0 Å². The molecule has 6 nitrogen and oxygen atoms in total. The third kappa shape index (κ3) is 4.15. The number of aliphatic hydroxyl groups is 1. The second-order valence-corrected chi connectivity index (χ2v) is 5.84. The van der Waals surface area contributed by atoms with Gasteiger partial charge < -0.3 is 15.7 Å². The molecule has 6 heteroatoms. The van der Waals surface area contributed by atoms with Gasteiger partial charge >= 0.3 is 0 Å². The number of aliphatic hydroxyl groups excluding tert-OH is 1. The average Bonchev–Trinajstić information content (AvgIpc) is 2.69. The van der Waals surface area contributed by atoms with E-state index in [4.69, 9.17) is 0 Å². The Morgan fingerprint density at radius 3 is 2.54 bits per heavy atom. The molecule has 0 aliphatic rings. The number of rotatable bonds is 6. The highest BCUT2D eigenvalue weighted by atomic mass is 16.3. The fourth-order valence-electron chi connectivity index (χ4n) is 2.43. The molecule has 3 rings (SSSR count). The van der Waals surface area contributed by atoms with Crippen LogP contribution in [-0.2, 0) is 0 Å². The molecule has 0 unspecified atom stereocenters. The van der Waals surface area contributed by atoms with Crippen LogP contribution in [0.5, 0.6) is 0 Å². The van der Waals surface area contributed by atoms with Crippen LogP contribution < -0.4 is 10.6 Å². The number of benzene rings is 2. The standard InChI is InChI=1S/C20H19N5O/c1-14(13-26)22-20-24-18(15-7-3-2-4-8-15)11-19(25-20)23-17-10-6-5-9-16(17)12-21/h2-11,14,26H,13H2,1H3,(H2,22,23,24,25)/t14-/m0/s1. The molecule has 0 bridgehead atoms. The van der Waals surface area contributed by atoms with Gasteiger partial charge in [0.1, 0.15) is 11.9 Å². The lowest BCUT2D eigenvalue weighted by Gasteiger charge is -2.14. The molecule has 0 saturated carbocycles. The summed E-state index contributed by atoms with van der Waals surface area (Å²) in [6.45, 7) is 1.82. The van der Waals surface area contributed by atoms with Crippen molar-refractivity contribution < 1.29 is 5.11 Å². The summed E-state index contributed by atoms with van der Waals surface area (Å²) in [5.74, 6) is 0.971. The number of hydrogen-bond donors (Lipinski definition) is 3. The van der Waals surface area contributed by atoms with E-state index in [1.807, 2.05) is 61.5 Å². The Hall–Kier alpha value is -3.43. The second-order valence-electron chi connectivity index (χ2n) is 5.84. The van der Waals surface area contributed by atoms with E-state index in [0.717, 1.165) is 11.3 Å². The van der Waals surface area contributed by atoms with Crippen LogP contribution in [0.3, 0.4) is 0 Å². The lowest BCUT2D eigenvalue weighted by molar-refractivity contribution is 0.281. The molecule has 1 aromatic heterocycles. The third-order valence-electron chi connectivity index (χ3n) is 3.76. The van der Waals surface area contributed by atoms with Crippen LogP contribution in [0.15, 0.2) is 60.7 Å². The number of nitrogens with zero attached hydrogens (tertiary/aromatic N) is 3. The highest BCUT2D eigenvalue weighted by molar-refractivity contribution is 5.70. The Morgan fingerprint density at radius 1 is 1.08 bits per heavy atom. The first-order chi connectivity index (χ1) is 12.7. The minimum atomic E-state index is -0.180. The lowest BCUT2D eigenvalue weighted by atomic mass is 10.1. The molecule has 0 saturated heterocycles. The number of aromatic nitrogens is 2. The predicted octanol–water partition coefficient (Wildman–Crippen LogP) is 3.55. The van der Waals surface area contributed by atoms with Crippen LogP contribution in [-0.4, -0.2) is 27.7 Å². The Morgan fingerprint density at radius 2 is 1.81 bits per heavy atom. The number of nitriles is 1. The van der Waals surface area contributed by atoms with Crippen LogP contribution in [0, 0.1) is 11.3 Å². The van der Waals surface area contributed by atoms with Crippen molar-refractivity contribution in [3.8, 4) is 17.3 Å². The molecule has 130 valence electrons. The van der Waals surface area contributed by atoms with Crippen molar-refractivity contribution in [2.75, 3.05) is 17.2 Å². The highest BCUT2D eigenvalue weighted by Gasteiger charge is 2.10. The SMILES string of the molecule is C[C@@H](CO)Nc1nc(Nc2ccccc2C#N)cc(-c2ccccc2)n1. The molecule has 1 atom stereocenters. The molecule has 0 spiro atoms. The first kappa shape index (κ1) is 17.4. The van der Waals surface area contributed by atoms with Gasteiger partial charge in [0.2, 0.25) is 5.95 Å². The number of hydrogen-bond acceptors (Lipinski definition) is 6. The molecule has 26 heavy (non-hydrogen) atoms. The van der Waals surface area contributed by atoms with Crippen molar-refractivity contribution in [3.05, 3.63) is 66.2 Å². The quantitative estimate of drug-likeness (QED) is 0.632.